The standard InChI is InChI=1S/C26H35N5O2/c1-17-13-20(17)25(32)30-11-7-19(8-12-30)23-14-24-27-22-9-10-29(15-18-5-3-2-4-6-18)16-21(22)26(33)31(24)28-23/h2-3,14,17-20,28H,4-13,15-16H2,1H3. The Bertz CT molecular complexity index is 1140. The van der Waals surface area contributed by atoms with E-state index in [1.807, 2.05) is 4.90 Å². The van der Waals surface area contributed by atoms with Gasteiger partial charge in [0.1, 0.15) is 0 Å². The van der Waals surface area contributed by atoms with Crippen molar-refractivity contribution in [1.82, 2.24) is 24.4 Å². The van der Waals surface area contributed by atoms with Crippen LogP contribution in [0.15, 0.2) is 23.0 Å². The molecule has 3 atom stereocenters. The number of hydrogen-bond acceptors (Lipinski definition) is 4. The molecule has 1 saturated heterocycles. The largest absolute Gasteiger partial charge is 0.342 e. The third-order valence-electron chi connectivity index (χ3n) is 8.43. The van der Waals surface area contributed by atoms with Gasteiger partial charge in [0, 0.05) is 62.7 Å². The van der Waals surface area contributed by atoms with E-state index in [4.69, 9.17) is 4.98 Å². The van der Waals surface area contributed by atoms with Crippen molar-refractivity contribution in [3.05, 3.63) is 45.5 Å². The molecule has 0 bridgehead atoms. The second-order valence-corrected chi connectivity index (χ2v) is 10.8. The van der Waals surface area contributed by atoms with E-state index < -0.39 is 0 Å². The van der Waals surface area contributed by atoms with Gasteiger partial charge in [-0.1, -0.05) is 19.1 Å². The van der Waals surface area contributed by atoms with Crippen LogP contribution in [-0.2, 0) is 17.8 Å². The van der Waals surface area contributed by atoms with E-state index >= 15 is 0 Å². The predicted octanol–water partition coefficient (Wildman–Crippen LogP) is 3.10. The maximum absolute atomic E-state index is 13.4. The Labute approximate surface area is 194 Å². The van der Waals surface area contributed by atoms with Crippen LogP contribution in [-0.4, -0.2) is 56.5 Å². The monoisotopic (exact) mass is 449 g/mol. The third-order valence-corrected chi connectivity index (χ3v) is 8.43. The maximum Gasteiger partial charge on any atom is 0.277 e. The maximum atomic E-state index is 13.4. The molecule has 1 saturated carbocycles. The molecule has 33 heavy (non-hydrogen) atoms. The number of fused-ring (bicyclic) bond motifs is 2. The molecule has 0 radical (unpaired) electrons. The minimum atomic E-state index is 0.0600. The number of piperidine rings is 1. The molecule has 0 aromatic carbocycles. The van der Waals surface area contributed by atoms with Gasteiger partial charge in [-0.25, -0.2) is 9.50 Å². The van der Waals surface area contributed by atoms with Crippen LogP contribution in [0.25, 0.3) is 5.65 Å². The minimum absolute atomic E-state index is 0.0600. The Morgan fingerprint density at radius 2 is 2.00 bits per heavy atom. The van der Waals surface area contributed by atoms with E-state index in [1.54, 1.807) is 4.52 Å². The number of aromatic nitrogens is 3. The summed E-state index contributed by atoms with van der Waals surface area (Å²) in [4.78, 5) is 35.3. The third kappa shape index (κ3) is 4.05. The molecule has 3 unspecified atom stereocenters. The number of rotatable bonds is 4. The van der Waals surface area contributed by atoms with Gasteiger partial charge >= 0.3 is 0 Å². The molecule has 4 heterocycles. The average molecular weight is 450 g/mol. The van der Waals surface area contributed by atoms with Crippen LogP contribution >= 0.6 is 0 Å². The first-order valence-corrected chi connectivity index (χ1v) is 12.9. The molecule has 1 amide bonds. The summed E-state index contributed by atoms with van der Waals surface area (Å²) < 4.78 is 1.66. The Morgan fingerprint density at radius 1 is 1.18 bits per heavy atom. The zero-order chi connectivity index (χ0) is 22.5. The van der Waals surface area contributed by atoms with Crippen LogP contribution in [0.3, 0.4) is 0 Å². The normalized spacial score (nSPS) is 28.3. The second-order valence-electron chi connectivity index (χ2n) is 10.8. The Morgan fingerprint density at radius 3 is 2.73 bits per heavy atom. The highest BCUT2D eigenvalue weighted by molar-refractivity contribution is 5.81. The number of nitrogens with zero attached hydrogens (tertiary/aromatic N) is 4. The molecular formula is C26H35N5O2. The summed E-state index contributed by atoms with van der Waals surface area (Å²) in [6, 6.07) is 2.06. The summed E-state index contributed by atoms with van der Waals surface area (Å²) >= 11 is 0. The van der Waals surface area contributed by atoms with Crippen molar-refractivity contribution in [1.29, 1.82) is 0 Å². The first-order chi connectivity index (χ1) is 16.1. The van der Waals surface area contributed by atoms with E-state index in [0.29, 0.717) is 30.2 Å². The first-order valence-electron chi connectivity index (χ1n) is 12.9. The van der Waals surface area contributed by atoms with E-state index in [-0.39, 0.29) is 11.5 Å². The van der Waals surface area contributed by atoms with Gasteiger partial charge in [-0.3, -0.25) is 19.6 Å². The zero-order valence-electron chi connectivity index (χ0n) is 19.6. The summed E-state index contributed by atoms with van der Waals surface area (Å²) in [5.41, 5.74) is 3.72. The molecule has 2 aromatic rings. The summed E-state index contributed by atoms with van der Waals surface area (Å²) in [5.74, 6) is 2.21. The summed E-state index contributed by atoms with van der Waals surface area (Å²) in [6.45, 7) is 6.55. The molecular weight excluding hydrogens is 414 g/mol. The van der Waals surface area contributed by atoms with Gasteiger partial charge in [0.05, 0.1) is 11.3 Å². The van der Waals surface area contributed by atoms with Crippen molar-refractivity contribution in [2.24, 2.45) is 17.8 Å². The molecule has 2 aliphatic carbocycles. The van der Waals surface area contributed by atoms with Gasteiger partial charge in [0.25, 0.3) is 5.56 Å². The van der Waals surface area contributed by atoms with Crippen molar-refractivity contribution < 1.29 is 4.79 Å². The number of hydrogen-bond donors (Lipinski definition) is 1. The number of allylic oxidation sites excluding steroid dienone is 2. The van der Waals surface area contributed by atoms with Crippen LogP contribution < -0.4 is 5.56 Å². The van der Waals surface area contributed by atoms with Crippen LogP contribution in [0, 0.1) is 17.8 Å². The van der Waals surface area contributed by atoms with Crippen molar-refractivity contribution in [2.45, 2.75) is 64.3 Å². The van der Waals surface area contributed by atoms with Crippen LogP contribution in [0.1, 0.15) is 68.3 Å². The summed E-state index contributed by atoms with van der Waals surface area (Å²) in [7, 11) is 0. The van der Waals surface area contributed by atoms with E-state index in [9.17, 15) is 9.59 Å². The van der Waals surface area contributed by atoms with Crippen molar-refractivity contribution in [3.8, 4) is 0 Å². The first kappa shape index (κ1) is 21.1. The second kappa shape index (κ2) is 8.42. The Balaban J connectivity index is 1.16. The quantitative estimate of drug-likeness (QED) is 0.728. The molecule has 1 N–H and O–H groups in total. The lowest BCUT2D eigenvalue weighted by Crippen LogP contribution is -2.39. The van der Waals surface area contributed by atoms with Gasteiger partial charge in [-0.15, -0.1) is 0 Å². The van der Waals surface area contributed by atoms with Crippen LogP contribution in [0.5, 0.6) is 0 Å². The van der Waals surface area contributed by atoms with Crippen molar-refractivity contribution in [3.63, 3.8) is 0 Å². The minimum Gasteiger partial charge on any atom is -0.342 e. The lowest BCUT2D eigenvalue weighted by molar-refractivity contribution is -0.133. The highest BCUT2D eigenvalue weighted by atomic mass is 16.2. The number of carbonyl (C=O) groups is 1. The molecule has 6 rings (SSSR count). The van der Waals surface area contributed by atoms with Crippen molar-refractivity contribution >= 4 is 11.6 Å². The summed E-state index contributed by atoms with van der Waals surface area (Å²) in [6.07, 6.45) is 12.0. The highest BCUT2D eigenvalue weighted by Gasteiger charge is 2.42. The van der Waals surface area contributed by atoms with Crippen LogP contribution in [0.4, 0.5) is 0 Å². The van der Waals surface area contributed by atoms with E-state index in [2.05, 4.69) is 35.1 Å². The fourth-order valence-electron chi connectivity index (χ4n) is 6.12. The number of H-pyrrole nitrogens is 1. The molecule has 7 heteroatoms. The topological polar surface area (TPSA) is 73.7 Å². The van der Waals surface area contributed by atoms with E-state index in [1.165, 1.54) is 12.8 Å². The van der Waals surface area contributed by atoms with Gasteiger partial charge < -0.3 is 4.90 Å². The number of likely N-dealkylation sites (tertiary alicyclic amines) is 1. The van der Waals surface area contributed by atoms with Gasteiger partial charge in [0.2, 0.25) is 5.91 Å². The fourth-order valence-corrected chi connectivity index (χ4v) is 6.12. The Hall–Kier alpha value is -2.41. The van der Waals surface area contributed by atoms with Gasteiger partial charge in [0.15, 0.2) is 5.65 Å². The number of carbonyl (C=O) groups excluding carboxylic acids is 1. The predicted molar refractivity (Wildman–Crippen MR) is 127 cm³/mol. The zero-order valence-corrected chi connectivity index (χ0v) is 19.6. The van der Waals surface area contributed by atoms with Crippen molar-refractivity contribution in [2.75, 3.05) is 26.2 Å². The van der Waals surface area contributed by atoms with E-state index in [0.717, 1.165) is 80.9 Å². The fraction of sp³-hybridized carbons (Fsp3) is 0.654. The van der Waals surface area contributed by atoms with Crippen LogP contribution in [0.2, 0.25) is 0 Å². The number of amides is 1. The highest BCUT2D eigenvalue weighted by Crippen LogP contribution is 2.40. The number of nitrogens with one attached hydrogen (secondary N) is 1. The van der Waals surface area contributed by atoms with Gasteiger partial charge in [-0.05, 0) is 50.4 Å². The average Bonchev–Trinajstić information content (AvgIpc) is 3.42. The lowest BCUT2D eigenvalue weighted by Gasteiger charge is -2.31. The molecule has 2 aliphatic heterocycles. The lowest BCUT2D eigenvalue weighted by atomic mass is 9.93. The molecule has 2 aromatic heterocycles. The molecule has 176 valence electrons. The summed E-state index contributed by atoms with van der Waals surface area (Å²) in [5, 5.41) is 3.38. The number of aromatic amines is 1. The van der Waals surface area contributed by atoms with Gasteiger partial charge in [-0.2, -0.15) is 0 Å². The molecule has 2 fully saturated rings. The molecule has 4 aliphatic rings. The molecule has 0 spiro atoms. The molecule has 7 nitrogen and oxygen atoms in total. The SMILES string of the molecule is CC1CC1C(=O)N1CCC(c2cc3nc4c(c(=O)n3[nH]2)CN(CC2CC=CCC2)CC4)CC1. The Kier molecular flexibility index (Phi) is 5.40. The smallest absolute Gasteiger partial charge is 0.277 e.